The Bertz CT molecular complexity index is 505. The summed E-state index contributed by atoms with van der Waals surface area (Å²) >= 11 is 11.0. The van der Waals surface area contributed by atoms with E-state index in [9.17, 15) is 4.79 Å². The van der Waals surface area contributed by atoms with Crippen molar-refractivity contribution in [2.24, 2.45) is 11.7 Å². The average Bonchev–Trinajstić information content (AvgIpc) is 2.35. The summed E-state index contributed by atoms with van der Waals surface area (Å²) in [7, 11) is 1.82. The van der Waals surface area contributed by atoms with E-state index in [0.717, 1.165) is 5.69 Å². The number of halogens is 1. The van der Waals surface area contributed by atoms with Gasteiger partial charge < -0.3 is 16.0 Å². The second-order valence-electron chi connectivity index (χ2n) is 5.08. The number of hydrogen-bond donors (Lipinski definition) is 2. The summed E-state index contributed by atoms with van der Waals surface area (Å²) in [5, 5.41) is 3.44. The van der Waals surface area contributed by atoms with Gasteiger partial charge in [0, 0.05) is 29.9 Å². The summed E-state index contributed by atoms with van der Waals surface area (Å²) < 4.78 is 0. The molecule has 0 aliphatic heterocycles. The van der Waals surface area contributed by atoms with Crippen LogP contribution >= 0.6 is 23.8 Å². The monoisotopic (exact) mass is 313 g/mol. The largest absolute Gasteiger partial charge is 0.389 e. The lowest BCUT2D eigenvalue weighted by atomic mass is 10.1. The molecule has 0 aliphatic rings. The molecule has 20 heavy (non-hydrogen) atoms. The summed E-state index contributed by atoms with van der Waals surface area (Å²) in [6.07, 6.45) is 0. The summed E-state index contributed by atoms with van der Waals surface area (Å²) in [4.78, 5) is 13.9. The zero-order valence-electron chi connectivity index (χ0n) is 11.9. The highest BCUT2D eigenvalue weighted by atomic mass is 35.5. The lowest BCUT2D eigenvalue weighted by Gasteiger charge is -2.22. The third-order valence-electron chi connectivity index (χ3n) is 2.72. The van der Waals surface area contributed by atoms with Crippen LogP contribution in [0.25, 0.3) is 0 Å². The summed E-state index contributed by atoms with van der Waals surface area (Å²) in [5.74, 6) is 0.386. The molecule has 1 aromatic rings. The number of nitrogens with zero attached hydrogens (tertiary/aromatic N) is 1. The third-order valence-corrected chi connectivity index (χ3v) is 3.18. The van der Waals surface area contributed by atoms with Crippen LogP contribution in [0.1, 0.15) is 19.4 Å². The second-order valence-corrected chi connectivity index (χ2v) is 5.96. The number of benzene rings is 1. The molecule has 0 bridgehead atoms. The Balaban J connectivity index is 2.79. The molecule has 0 aliphatic carbocycles. The van der Waals surface area contributed by atoms with Crippen molar-refractivity contribution in [1.29, 1.82) is 0 Å². The van der Waals surface area contributed by atoms with E-state index in [1.165, 1.54) is 0 Å². The summed E-state index contributed by atoms with van der Waals surface area (Å²) in [6.45, 7) is 5.00. The molecule has 1 amide bonds. The Morgan fingerprint density at radius 2 is 2.15 bits per heavy atom. The highest BCUT2D eigenvalue weighted by Gasteiger charge is 2.13. The maximum atomic E-state index is 11.8. The van der Waals surface area contributed by atoms with Crippen LogP contribution < -0.4 is 16.0 Å². The lowest BCUT2D eigenvalue weighted by molar-refractivity contribution is -0.119. The van der Waals surface area contributed by atoms with Gasteiger partial charge in [-0.25, -0.2) is 0 Å². The number of thiocarbonyl (C=S) groups is 1. The van der Waals surface area contributed by atoms with Gasteiger partial charge in [0.05, 0.1) is 6.54 Å². The lowest BCUT2D eigenvalue weighted by Crippen LogP contribution is -2.37. The molecule has 0 saturated heterocycles. The Hall–Kier alpha value is -1.33. The van der Waals surface area contributed by atoms with Crippen molar-refractivity contribution in [2.75, 3.05) is 25.0 Å². The quantitative estimate of drug-likeness (QED) is 0.790. The second kappa shape index (κ2) is 7.45. The number of carbonyl (C=O) groups is 1. The summed E-state index contributed by atoms with van der Waals surface area (Å²) in [6, 6.07) is 5.27. The zero-order chi connectivity index (χ0) is 15.3. The van der Waals surface area contributed by atoms with Crippen LogP contribution in [0, 0.1) is 5.92 Å². The number of carbonyl (C=O) groups excluding carboxylic acids is 1. The molecule has 4 nitrogen and oxygen atoms in total. The number of nitrogens with two attached hydrogens (primary N) is 1. The fourth-order valence-electron chi connectivity index (χ4n) is 1.71. The van der Waals surface area contributed by atoms with Gasteiger partial charge in [0.25, 0.3) is 0 Å². The first-order valence-corrected chi connectivity index (χ1v) is 7.17. The Labute approximate surface area is 130 Å². The predicted molar refractivity (Wildman–Crippen MR) is 88.5 cm³/mol. The van der Waals surface area contributed by atoms with Gasteiger partial charge in [-0.2, -0.15) is 0 Å². The van der Waals surface area contributed by atoms with Crippen molar-refractivity contribution in [3.8, 4) is 0 Å². The molecule has 6 heteroatoms. The minimum atomic E-state index is -0.0370. The fraction of sp³-hybridized carbons (Fsp3) is 0.429. The van der Waals surface area contributed by atoms with Crippen molar-refractivity contribution in [3.63, 3.8) is 0 Å². The maximum absolute atomic E-state index is 11.8. The van der Waals surface area contributed by atoms with Crippen LogP contribution in [0.5, 0.6) is 0 Å². The molecule has 0 radical (unpaired) electrons. The van der Waals surface area contributed by atoms with Gasteiger partial charge in [-0.1, -0.05) is 37.7 Å². The van der Waals surface area contributed by atoms with Crippen molar-refractivity contribution in [2.45, 2.75) is 13.8 Å². The van der Waals surface area contributed by atoms with Crippen LogP contribution in [0.15, 0.2) is 18.2 Å². The average molecular weight is 314 g/mol. The van der Waals surface area contributed by atoms with Gasteiger partial charge in [-0.05, 0) is 24.1 Å². The Morgan fingerprint density at radius 1 is 1.50 bits per heavy atom. The molecule has 3 N–H and O–H groups in total. The minimum absolute atomic E-state index is 0.0370. The van der Waals surface area contributed by atoms with E-state index in [-0.39, 0.29) is 17.4 Å². The predicted octanol–water partition coefficient (Wildman–Crippen LogP) is 2.18. The van der Waals surface area contributed by atoms with Gasteiger partial charge >= 0.3 is 0 Å². The molecule has 0 heterocycles. The SMILES string of the molecule is CC(C)CNC(=O)CN(C)c1ccc(Cl)cc1C(N)=S. The fourth-order valence-corrected chi connectivity index (χ4v) is 2.05. The first-order valence-electron chi connectivity index (χ1n) is 6.38. The van der Waals surface area contributed by atoms with E-state index in [2.05, 4.69) is 5.32 Å². The number of hydrogen-bond acceptors (Lipinski definition) is 3. The van der Waals surface area contributed by atoms with Crippen LogP contribution in [0.4, 0.5) is 5.69 Å². The van der Waals surface area contributed by atoms with Crippen molar-refractivity contribution < 1.29 is 4.79 Å². The van der Waals surface area contributed by atoms with E-state index in [1.807, 2.05) is 27.0 Å². The third kappa shape index (κ3) is 4.98. The first kappa shape index (κ1) is 16.7. The van der Waals surface area contributed by atoms with Crippen molar-refractivity contribution in [1.82, 2.24) is 5.32 Å². The molecule has 110 valence electrons. The molecule has 0 saturated carbocycles. The van der Waals surface area contributed by atoms with Crippen LogP contribution in [-0.2, 0) is 4.79 Å². The zero-order valence-corrected chi connectivity index (χ0v) is 13.5. The molecular formula is C14H20ClN3OS. The standard InChI is InChI=1S/C14H20ClN3OS/c1-9(2)7-17-13(19)8-18(3)12-5-4-10(15)6-11(12)14(16)20/h4-6,9H,7-8H2,1-3H3,(H2,16,20)(H,17,19). The van der Waals surface area contributed by atoms with E-state index < -0.39 is 0 Å². The molecule has 1 rings (SSSR count). The van der Waals surface area contributed by atoms with Gasteiger partial charge in [0.2, 0.25) is 5.91 Å². The van der Waals surface area contributed by atoms with Crippen LogP contribution in [0.2, 0.25) is 5.02 Å². The molecule has 0 unspecified atom stereocenters. The van der Waals surface area contributed by atoms with Crippen molar-refractivity contribution in [3.05, 3.63) is 28.8 Å². The van der Waals surface area contributed by atoms with Crippen molar-refractivity contribution >= 4 is 40.4 Å². The number of likely N-dealkylation sites (N-methyl/N-ethyl adjacent to an activating group) is 1. The molecule has 0 atom stereocenters. The molecule has 0 fully saturated rings. The van der Waals surface area contributed by atoms with E-state index >= 15 is 0 Å². The van der Waals surface area contributed by atoms with Crippen LogP contribution in [0.3, 0.4) is 0 Å². The van der Waals surface area contributed by atoms with E-state index in [1.54, 1.807) is 17.0 Å². The molecule has 0 spiro atoms. The number of amides is 1. The minimum Gasteiger partial charge on any atom is -0.389 e. The van der Waals surface area contributed by atoms with Crippen LogP contribution in [-0.4, -0.2) is 31.0 Å². The van der Waals surface area contributed by atoms with Gasteiger partial charge in [0.15, 0.2) is 0 Å². The Morgan fingerprint density at radius 3 is 2.70 bits per heavy atom. The highest BCUT2D eigenvalue weighted by molar-refractivity contribution is 7.80. The van der Waals surface area contributed by atoms with E-state index in [0.29, 0.717) is 23.0 Å². The molecular weight excluding hydrogens is 294 g/mol. The van der Waals surface area contributed by atoms with Gasteiger partial charge in [-0.3, -0.25) is 4.79 Å². The topological polar surface area (TPSA) is 58.4 Å². The normalized spacial score (nSPS) is 10.4. The maximum Gasteiger partial charge on any atom is 0.239 e. The highest BCUT2D eigenvalue weighted by Crippen LogP contribution is 2.23. The molecule has 1 aromatic carbocycles. The number of nitrogens with one attached hydrogen (secondary N) is 1. The number of anilines is 1. The Kier molecular flexibility index (Phi) is 6.23. The number of rotatable bonds is 6. The first-order chi connectivity index (χ1) is 9.31. The van der Waals surface area contributed by atoms with Gasteiger partial charge in [0.1, 0.15) is 4.99 Å². The smallest absolute Gasteiger partial charge is 0.239 e. The molecule has 0 aromatic heterocycles. The summed E-state index contributed by atoms with van der Waals surface area (Å²) in [5.41, 5.74) is 7.16. The van der Waals surface area contributed by atoms with E-state index in [4.69, 9.17) is 29.6 Å². The van der Waals surface area contributed by atoms with Gasteiger partial charge in [-0.15, -0.1) is 0 Å².